The van der Waals surface area contributed by atoms with Gasteiger partial charge >= 0.3 is 0 Å². The van der Waals surface area contributed by atoms with Crippen molar-refractivity contribution in [3.63, 3.8) is 0 Å². The molecule has 0 aromatic heterocycles. The molecule has 0 atom stereocenters. The molecule has 0 saturated heterocycles. The van der Waals surface area contributed by atoms with Crippen molar-refractivity contribution in [2.45, 2.75) is 18.0 Å². The molecule has 0 N–H and O–H groups in total. The highest BCUT2D eigenvalue weighted by atomic mass is 32.2. The highest BCUT2D eigenvalue weighted by molar-refractivity contribution is 7.90. The molecule has 0 aliphatic heterocycles. The maximum atomic E-state index is 13.1. The van der Waals surface area contributed by atoms with Gasteiger partial charge in [-0.05, 0) is 35.4 Å². The Morgan fingerprint density at radius 3 is 1.59 bits per heavy atom. The number of hydrogen-bond acceptors (Lipinski definition) is 3. The molecule has 0 fully saturated rings. The van der Waals surface area contributed by atoms with Gasteiger partial charge in [-0.2, -0.15) is 0 Å². The van der Waals surface area contributed by atoms with Crippen LogP contribution in [0.25, 0.3) is 0 Å². The number of carbonyl (C=O) groups excluding carboxylic acids is 1. The summed E-state index contributed by atoms with van der Waals surface area (Å²) in [6.45, 7) is 0.949. The van der Waals surface area contributed by atoms with E-state index in [-0.39, 0.29) is 10.8 Å². The van der Waals surface area contributed by atoms with Gasteiger partial charge < -0.3 is 4.90 Å². The third-order valence-corrected chi connectivity index (χ3v) is 5.38. The summed E-state index contributed by atoms with van der Waals surface area (Å²) in [5.74, 6) is -0.136. The van der Waals surface area contributed by atoms with Gasteiger partial charge in [-0.15, -0.1) is 0 Å². The Bertz CT molecular complexity index is 957. The Labute approximate surface area is 160 Å². The lowest BCUT2D eigenvalue weighted by molar-refractivity contribution is 0.0730. The van der Waals surface area contributed by atoms with Crippen LogP contribution in [0.4, 0.5) is 0 Å². The van der Waals surface area contributed by atoms with Crippen molar-refractivity contribution >= 4 is 15.7 Å². The molecule has 0 unspecified atom stereocenters. The summed E-state index contributed by atoms with van der Waals surface area (Å²) in [6, 6.07) is 25.7. The van der Waals surface area contributed by atoms with Crippen molar-refractivity contribution in [2.75, 3.05) is 6.26 Å². The predicted octanol–water partition coefficient (Wildman–Crippen LogP) is 3.93. The molecular formula is C22H21NO3S. The van der Waals surface area contributed by atoms with E-state index in [1.54, 1.807) is 17.0 Å². The zero-order chi connectivity index (χ0) is 19.3. The molecular weight excluding hydrogens is 358 g/mol. The van der Waals surface area contributed by atoms with Crippen molar-refractivity contribution < 1.29 is 13.2 Å². The lowest BCUT2D eigenvalue weighted by atomic mass is 10.1. The second kappa shape index (κ2) is 8.18. The fourth-order valence-electron chi connectivity index (χ4n) is 2.83. The number of hydrogen-bond donors (Lipinski definition) is 0. The topological polar surface area (TPSA) is 54.5 Å². The molecule has 138 valence electrons. The van der Waals surface area contributed by atoms with Crippen LogP contribution in [0, 0.1) is 0 Å². The van der Waals surface area contributed by atoms with Crippen molar-refractivity contribution in [1.29, 1.82) is 0 Å². The smallest absolute Gasteiger partial charge is 0.254 e. The van der Waals surface area contributed by atoms with Crippen molar-refractivity contribution in [1.82, 2.24) is 4.90 Å². The van der Waals surface area contributed by atoms with Gasteiger partial charge in [0.25, 0.3) is 5.91 Å². The zero-order valence-electron chi connectivity index (χ0n) is 15.1. The van der Waals surface area contributed by atoms with Crippen LogP contribution in [0.2, 0.25) is 0 Å². The van der Waals surface area contributed by atoms with Crippen molar-refractivity contribution in [2.24, 2.45) is 0 Å². The third-order valence-electron chi connectivity index (χ3n) is 4.25. The monoisotopic (exact) mass is 379 g/mol. The highest BCUT2D eigenvalue weighted by Gasteiger charge is 2.17. The van der Waals surface area contributed by atoms with Crippen LogP contribution in [0.15, 0.2) is 89.8 Å². The Hall–Kier alpha value is -2.92. The van der Waals surface area contributed by atoms with Gasteiger partial charge in [0, 0.05) is 24.9 Å². The fourth-order valence-corrected chi connectivity index (χ4v) is 3.46. The molecule has 1 amide bonds. The van der Waals surface area contributed by atoms with E-state index >= 15 is 0 Å². The summed E-state index contributed by atoms with van der Waals surface area (Å²) in [7, 11) is -3.29. The van der Waals surface area contributed by atoms with Crippen molar-refractivity contribution in [3.05, 3.63) is 102 Å². The van der Waals surface area contributed by atoms with Gasteiger partial charge in [-0.3, -0.25) is 4.79 Å². The molecule has 0 aliphatic carbocycles. The molecule has 0 aliphatic rings. The fraction of sp³-hybridized carbons (Fsp3) is 0.136. The SMILES string of the molecule is CS(=O)(=O)c1ccc(C(=O)N(Cc2ccccc2)Cc2ccccc2)cc1. The summed E-state index contributed by atoms with van der Waals surface area (Å²) in [4.78, 5) is 15.1. The van der Waals surface area contributed by atoms with Crippen LogP contribution in [0.3, 0.4) is 0 Å². The minimum Gasteiger partial charge on any atom is -0.330 e. The van der Waals surface area contributed by atoms with Gasteiger partial charge in [0.2, 0.25) is 0 Å². The molecule has 3 aromatic carbocycles. The van der Waals surface area contributed by atoms with E-state index in [0.717, 1.165) is 17.4 Å². The zero-order valence-corrected chi connectivity index (χ0v) is 15.9. The predicted molar refractivity (Wildman–Crippen MR) is 106 cm³/mol. The molecule has 0 spiro atoms. The number of amides is 1. The first kappa shape index (κ1) is 18.9. The van der Waals surface area contributed by atoms with Gasteiger partial charge in [-0.1, -0.05) is 60.7 Å². The van der Waals surface area contributed by atoms with Crippen LogP contribution in [0.5, 0.6) is 0 Å². The van der Waals surface area contributed by atoms with Crippen LogP contribution in [0.1, 0.15) is 21.5 Å². The first-order valence-corrected chi connectivity index (χ1v) is 10.5. The van der Waals surface area contributed by atoms with E-state index in [1.807, 2.05) is 60.7 Å². The number of benzene rings is 3. The van der Waals surface area contributed by atoms with E-state index in [0.29, 0.717) is 18.7 Å². The summed E-state index contributed by atoms with van der Waals surface area (Å²) in [5, 5.41) is 0. The van der Waals surface area contributed by atoms with E-state index in [9.17, 15) is 13.2 Å². The van der Waals surface area contributed by atoms with Crippen LogP contribution < -0.4 is 0 Å². The van der Waals surface area contributed by atoms with Crippen LogP contribution >= 0.6 is 0 Å². The molecule has 27 heavy (non-hydrogen) atoms. The molecule has 3 aromatic rings. The molecule has 5 heteroatoms. The Morgan fingerprint density at radius 2 is 1.19 bits per heavy atom. The molecule has 4 nitrogen and oxygen atoms in total. The lowest BCUT2D eigenvalue weighted by Crippen LogP contribution is -2.30. The summed E-state index contributed by atoms with van der Waals surface area (Å²) in [6.07, 6.45) is 1.15. The number of sulfone groups is 1. The maximum absolute atomic E-state index is 13.1. The summed E-state index contributed by atoms with van der Waals surface area (Å²) in [5.41, 5.74) is 2.54. The molecule has 0 saturated carbocycles. The lowest BCUT2D eigenvalue weighted by Gasteiger charge is -2.23. The molecule has 0 bridgehead atoms. The number of carbonyl (C=O) groups is 1. The van der Waals surface area contributed by atoms with Gasteiger partial charge in [0.15, 0.2) is 9.84 Å². The highest BCUT2D eigenvalue weighted by Crippen LogP contribution is 2.16. The summed E-state index contributed by atoms with van der Waals surface area (Å²) < 4.78 is 23.3. The minimum absolute atomic E-state index is 0.136. The maximum Gasteiger partial charge on any atom is 0.254 e. The third kappa shape index (κ3) is 5.05. The molecule has 0 heterocycles. The van der Waals surface area contributed by atoms with Crippen molar-refractivity contribution in [3.8, 4) is 0 Å². The van der Waals surface area contributed by atoms with Gasteiger partial charge in [0.05, 0.1) is 4.90 Å². The number of rotatable bonds is 6. The second-order valence-electron chi connectivity index (χ2n) is 6.43. The Kier molecular flexibility index (Phi) is 5.72. The van der Waals surface area contributed by atoms with E-state index in [4.69, 9.17) is 0 Å². The quantitative estimate of drug-likeness (QED) is 0.652. The minimum atomic E-state index is -3.29. The van der Waals surface area contributed by atoms with E-state index in [1.165, 1.54) is 12.1 Å². The van der Waals surface area contributed by atoms with Gasteiger partial charge in [-0.25, -0.2) is 8.42 Å². The first-order valence-electron chi connectivity index (χ1n) is 8.61. The molecule has 3 rings (SSSR count). The van der Waals surface area contributed by atoms with Crippen LogP contribution in [-0.4, -0.2) is 25.5 Å². The Morgan fingerprint density at radius 1 is 0.741 bits per heavy atom. The number of nitrogens with zero attached hydrogens (tertiary/aromatic N) is 1. The second-order valence-corrected chi connectivity index (χ2v) is 8.44. The van der Waals surface area contributed by atoms with E-state index in [2.05, 4.69) is 0 Å². The Balaban J connectivity index is 1.87. The van der Waals surface area contributed by atoms with Gasteiger partial charge in [0.1, 0.15) is 0 Å². The average molecular weight is 379 g/mol. The standard InChI is InChI=1S/C22H21NO3S/c1-27(25,26)21-14-12-20(13-15-21)22(24)23(16-18-8-4-2-5-9-18)17-19-10-6-3-7-11-19/h2-15H,16-17H2,1H3. The summed E-state index contributed by atoms with van der Waals surface area (Å²) >= 11 is 0. The normalized spacial score (nSPS) is 11.1. The average Bonchev–Trinajstić information content (AvgIpc) is 2.68. The van der Waals surface area contributed by atoms with Crippen LogP contribution in [-0.2, 0) is 22.9 Å². The van der Waals surface area contributed by atoms with E-state index < -0.39 is 9.84 Å². The molecule has 0 radical (unpaired) electrons. The largest absolute Gasteiger partial charge is 0.330 e. The first-order chi connectivity index (χ1) is 12.9.